The van der Waals surface area contributed by atoms with Crippen molar-refractivity contribution >= 4 is 5.97 Å². The Labute approximate surface area is 64.5 Å². The molecule has 0 fully saturated rings. The number of aliphatic hydroxyl groups is 1. The van der Waals surface area contributed by atoms with Gasteiger partial charge >= 0.3 is 5.97 Å². The van der Waals surface area contributed by atoms with Crippen LogP contribution in [0.25, 0.3) is 0 Å². The molecule has 0 aliphatic carbocycles. The van der Waals surface area contributed by atoms with E-state index in [4.69, 9.17) is 5.11 Å². The highest BCUT2D eigenvalue weighted by molar-refractivity contribution is 5.82. The first kappa shape index (κ1) is 9.94. The number of ether oxygens (including phenoxy) is 1. The summed E-state index contributed by atoms with van der Waals surface area (Å²) in [7, 11) is 0. The minimum Gasteiger partial charge on any atom is -0.509 e. The molecule has 0 aromatic rings. The van der Waals surface area contributed by atoms with Gasteiger partial charge in [-0.2, -0.15) is 0 Å². The predicted molar refractivity (Wildman–Crippen MR) is 37.9 cm³/mol. The standard InChI is InChI=1S/C7H11FO3/c1-3-11-7(10)4-6(9)5(2)8/h4-5,9H,3H2,1-2H3/b6-4-. The molecule has 11 heavy (non-hydrogen) atoms. The average Bonchev–Trinajstić information content (AvgIpc) is 1.87. The van der Waals surface area contributed by atoms with Crippen LogP contribution in [0.4, 0.5) is 4.39 Å². The Morgan fingerprint density at radius 1 is 1.82 bits per heavy atom. The summed E-state index contributed by atoms with van der Waals surface area (Å²) in [5.41, 5.74) is 0. The number of esters is 1. The molecule has 0 spiro atoms. The molecule has 64 valence electrons. The Morgan fingerprint density at radius 2 is 2.36 bits per heavy atom. The Balaban J connectivity index is 3.97. The van der Waals surface area contributed by atoms with Gasteiger partial charge in [0.05, 0.1) is 12.7 Å². The molecule has 3 nitrogen and oxygen atoms in total. The SMILES string of the molecule is CCOC(=O)/C=C(\O)C(C)F. The van der Waals surface area contributed by atoms with Crippen LogP contribution in [-0.4, -0.2) is 23.9 Å². The second kappa shape index (κ2) is 4.71. The van der Waals surface area contributed by atoms with Crippen molar-refractivity contribution in [2.24, 2.45) is 0 Å². The van der Waals surface area contributed by atoms with Crippen molar-refractivity contribution in [2.45, 2.75) is 20.0 Å². The lowest BCUT2D eigenvalue weighted by Crippen LogP contribution is -2.05. The van der Waals surface area contributed by atoms with Gasteiger partial charge in [0, 0.05) is 0 Å². The fourth-order valence-electron chi connectivity index (χ4n) is 0.420. The van der Waals surface area contributed by atoms with E-state index in [-0.39, 0.29) is 6.61 Å². The first-order valence-corrected chi connectivity index (χ1v) is 3.29. The van der Waals surface area contributed by atoms with Crippen LogP contribution in [0.1, 0.15) is 13.8 Å². The van der Waals surface area contributed by atoms with E-state index in [1.807, 2.05) is 0 Å². The van der Waals surface area contributed by atoms with E-state index in [0.29, 0.717) is 0 Å². The molecule has 0 radical (unpaired) electrons. The molecule has 1 N–H and O–H groups in total. The molecule has 0 bridgehead atoms. The van der Waals surface area contributed by atoms with Crippen molar-refractivity contribution in [2.75, 3.05) is 6.61 Å². The maximum atomic E-state index is 12.2. The molecular formula is C7H11FO3. The molecule has 1 atom stereocenters. The second-order valence-corrected chi connectivity index (χ2v) is 1.94. The van der Waals surface area contributed by atoms with Gasteiger partial charge in [0.2, 0.25) is 0 Å². The molecule has 0 saturated heterocycles. The summed E-state index contributed by atoms with van der Waals surface area (Å²) in [5.74, 6) is -1.34. The van der Waals surface area contributed by atoms with Crippen LogP contribution in [0.3, 0.4) is 0 Å². The van der Waals surface area contributed by atoms with Crippen LogP contribution in [0.5, 0.6) is 0 Å². The molecule has 0 aromatic heterocycles. The highest BCUT2D eigenvalue weighted by Gasteiger charge is 2.06. The minimum absolute atomic E-state index is 0.212. The zero-order valence-corrected chi connectivity index (χ0v) is 6.50. The summed E-state index contributed by atoms with van der Waals surface area (Å²) in [6.45, 7) is 2.97. The van der Waals surface area contributed by atoms with Crippen molar-refractivity contribution in [3.8, 4) is 0 Å². The van der Waals surface area contributed by atoms with E-state index in [9.17, 15) is 9.18 Å². The van der Waals surface area contributed by atoms with Gasteiger partial charge in [-0.25, -0.2) is 9.18 Å². The van der Waals surface area contributed by atoms with E-state index in [1.165, 1.54) is 0 Å². The Hall–Kier alpha value is -1.06. The van der Waals surface area contributed by atoms with Gasteiger partial charge in [0.25, 0.3) is 0 Å². The molecule has 0 heterocycles. The third-order valence-electron chi connectivity index (χ3n) is 0.960. The van der Waals surface area contributed by atoms with Crippen molar-refractivity contribution < 1.29 is 19.0 Å². The molecule has 0 rings (SSSR count). The summed E-state index contributed by atoms with van der Waals surface area (Å²) in [4.78, 5) is 10.5. The quantitative estimate of drug-likeness (QED) is 0.387. The minimum atomic E-state index is -1.53. The highest BCUT2D eigenvalue weighted by Crippen LogP contribution is 2.01. The van der Waals surface area contributed by atoms with Crippen LogP contribution in [-0.2, 0) is 9.53 Å². The van der Waals surface area contributed by atoms with Crippen LogP contribution in [0.15, 0.2) is 11.8 Å². The molecule has 4 heteroatoms. The van der Waals surface area contributed by atoms with Crippen LogP contribution < -0.4 is 0 Å². The molecular weight excluding hydrogens is 151 g/mol. The summed E-state index contributed by atoms with van der Waals surface area (Å²) in [6, 6.07) is 0. The summed E-state index contributed by atoms with van der Waals surface area (Å²) in [5, 5.41) is 8.71. The average molecular weight is 162 g/mol. The number of allylic oxidation sites excluding steroid dienone is 1. The third-order valence-corrected chi connectivity index (χ3v) is 0.960. The number of rotatable bonds is 3. The summed E-state index contributed by atoms with van der Waals surface area (Å²) >= 11 is 0. The smallest absolute Gasteiger partial charge is 0.334 e. The van der Waals surface area contributed by atoms with Gasteiger partial charge < -0.3 is 9.84 Å². The number of aliphatic hydroxyl groups excluding tert-OH is 1. The number of halogens is 1. The number of hydrogen-bond acceptors (Lipinski definition) is 3. The Kier molecular flexibility index (Phi) is 4.26. The highest BCUT2D eigenvalue weighted by atomic mass is 19.1. The number of hydrogen-bond donors (Lipinski definition) is 1. The summed E-state index contributed by atoms with van der Waals surface area (Å²) < 4.78 is 16.6. The van der Waals surface area contributed by atoms with Gasteiger partial charge in [-0.3, -0.25) is 0 Å². The van der Waals surface area contributed by atoms with Gasteiger partial charge in [0.15, 0.2) is 6.17 Å². The van der Waals surface area contributed by atoms with Crippen molar-refractivity contribution in [3.63, 3.8) is 0 Å². The maximum Gasteiger partial charge on any atom is 0.334 e. The first-order valence-electron chi connectivity index (χ1n) is 3.29. The molecule has 1 unspecified atom stereocenters. The van der Waals surface area contributed by atoms with Gasteiger partial charge in [0.1, 0.15) is 5.76 Å². The van der Waals surface area contributed by atoms with Gasteiger partial charge in [-0.05, 0) is 13.8 Å². The van der Waals surface area contributed by atoms with E-state index in [0.717, 1.165) is 13.0 Å². The van der Waals surface area contributed by atoms with Crippen LogP contribution >= 0.6 is 0 Å². The lowest BCUT2D eigenvalue weighted by atomic mass is 10.3. The molecule has 0 aliphatic rings. The van der Waals surface area contributed by atoms with E-state index in [1.54, 1.807) is 6.92 Å². The second-order valence-electron chi connectivity index (χ2n) is 1.94. The van der Waals surface area contributed by atoms with E-state index in [2.05, 4.69) is 4.74 Å². The monoisotopic (exact) mass is 162 g/mol. The largest absolute Gasteiger partial charge is 0.509 e. The Bertz CT molecular complexity index is 163. The number of alkyl halides is 1. The lowest BCUT2D eigenvalue weighted by Gasteiger charge is -1.99. The molecule has 0 aromatic carbocycles. The van der Waals surface area contributed by atoms with E-state index >= 15 is 0 Å². The van der Waals surface area contributed by atoms with Crippen LogP contribution in [0.2, 0.25) is 0 Å². The van der Waals surface area contributed by atoms with Crippen molar-refractivity contribution in [1.29, 1.82) is 0 Å². The van der Waals surface area contributed by atoms with Gasteiger partial charge in [-0.15, -0.1) is 0 Å². The van der Waals surface area contributed by atoms with Crippen LogP contribution in [0, 0.1) is 0 Å². The normalized spacial score (nSPS) is 14.3. The number of carbonyl (C=O) groups is 1. The fraction of sp³-hybridized carbons (Fsp3) is 0.571. The fourth-order valence-corrected chi connectivity index (χ4v) is 0.420. The lowest BCUT2D eigenvalue weighted by molar-refractivity contribution is -0.137. The Morgan fingerprint density at radius 3 is 2.73 bits per heavy atom. The molecule has 0 saturated carbocycles. The maximum absolute atomic E-state index is 12.2. The number of carbonyl (C=O) groups excluding carboxylic acids is 1. The molecule has 0 amide bonds. The topological polar surface area (TPSA) is 46.5 Å². The van der Waals surface area contributed by atoms with Crippen molar-refractivity contribution in [3.05, 3.63) is 11.8 Å². The molecule has 0 aliphatic heterocycles. The van der Waals surface area contributed by atoms with E-state index < -0.39 is 17.9 Å². The predicted octanol–water partition coefficient (Wildman–Crippen LogP) is 1.35. The summed E-state index contributed by atoms with van der Waals surface area (Å²) in [6.07, 6.45) is -0.798. The zero-order chi connectivity index (χ0) is 8.85. The van der Waals surface area contributed by atoms with Crippen molar-refractivity contribution in [1.82, 2.24) is 0 Å². The first-order chi connectivity index (χ1) is 5.07. The van der Waals surface area contributed by atoms with Gasteiger partial charge in [-0.1, -0.05) is 0 Å². The zero-order valence-electron chi connectivity index (χ0n) is 6.50. The third kappa shape index (κ3) is 4.36.